The lowest BCUT2D eigenvalue weighted by Gasteiger charge is -2.20. The molecule has 0 aliphatic heterocycles. The van der Waals surface area contributed by atoms with Crippen LogP contribution >= 0.6 is 0 Å². The van der Waals surface area contributed by atoms with Gasteiger partial charge >= 0.3 is 6.09 Å². The van der Waals surface area contributed by atoms with Crippen molar-refractivity contribution in [2.75, 3.05) is 13.2 Å². The highest BCUT2D eigenvalue weighted by molar-refractivity contribution is 6.05. The second kappa shape index (κ2) is 11.5. The Bertz CT molecular complexity index is 1240. The number of hydrogen-bond donors (Lipinski definition) is 2. The minimum atomic E-state index is -0.629. The lowest BCUT2D eigenvalue weighted by Crippen LogP contribution is -2.36. The summed E-state index contributed by atoms with van der Waals surface area (Å²) < 4.78 is 12.7. The molecule has 2 aromatic carbocycles. The monoisotopic (exact) mass is 491 g/mol. The molecule has 3 aromatic rings. The van der Waals surface area contributed by atoms with Crippen LogP contribution in [0.4, 0.5) is 4.79 Å². The van der Waals surface area contributed by atoms with E-state index in [0.29, 0.717) is 18.7 Å². The van der Waals surface area contributed by atoms with E-state index >= 15 is 0 Å². The fourth-order valence-corrected chi connectivity index (χ4v) is 3.74. The third-order valence-corrected chi connectivity index (χ3v) is 5.29. The number of carbonyl (C=O) groups is 2. The minimum absolute atomic E-state index is 0.0683. The summed E-state index contributed by atoms with van der Waals surface area (Å²) in [5, 5.41) is 11.4. The lowest BCUT2D eigenvalue weighted by atomic mass is 9.95. The molecule has 36 heavy (non-hydrogen) atoms. The van der Waals surface area contributed by atoms with Gasteiger partial charge in [0.25, 0.3) is 0 Å². The summed E-state index contributed by atoms with van der Waals surface area (Å²) in [4.78, 5) is 23.2. The Morgan fingerprint density at radius 1 is 1.14 bits per heavy atom. The van der Waals surface area contributed by atoms with Gasteiger partial charge in [-0.1, -0.05) is 12.1 Å². The van der Waals surface area contributed by atoms with Crippen molar-refractivity contribution in [3.63, 3.8) is 0 Å². The summed E-state index contributed by atoms with van der Waals surface area (Å²) in [6.07, 6.45) is 1.73. The second-order valence-corrected chi connectivity index (χ2v) is 9.18. The quantitative estimate of drug-likeness (QED) is 0.262. The first-order chi connectivity index (χ1) is 17.1. The third kappa shape index (κ3) is 6.71. The van der Waals surface area contributed by atoms with Crippen LogP contribution in [-0.4, -0.2) is 46.7 Å². The summed E-state index contributed by atoms with van der Waals surface area (Å²) in [5.41, 5.74) is 7.72. The van der Waals surface area contributed by atoms with Crippen LogP contribution in [0.2, 0.25) is 0 Å². The molecule has 0 aliphatic carbocycles. The average molecular weight is 492 g/mol. The predicted octanol–water partition coefficient (Wildman–Crippen LogP) is 4.44. The van der Waals surface area contributed by atoms with Crippen LogP contribution in [0.15, 0.2) is 53.8 Å². The van der Waals surface area contributed by atoms with Crippen LogP contribution in [0.25, 0.3) is 22.4 Å². The Kier molecular flexibility index (Phi) is 8.47. The Labute approximate surface area is 211 Å². The molecule has 190 valence electrons. The number of carbonyl (C=O) groups excluding carboxylic acids is 2. The Morgan fingerprint density at radius 3 is 2.47 bits per heavy atom. The van der Waals surface area contributed by atoms with Crippen molar-refractivity contribution >= 4 is 18.2 Å². The van der Waals surface area contributed by atoms with Gasteiger partial charge in [-0.05, 0) is 76.1 Å². The highest BCUT2D eigenvalue weighted by atomic mass is 16.6. The van der Waals surface area contributed by atoms with Crippen molar-refractivity contribution in [1.29, 1.82) is 0 Å². The maximum atomic E-state index is 12.2. The van der Waals surface area contributed by atoms with Gasteiger partial charge in [0.05, 0.1) is 30.8 Å². The Morgan fingerprint density at radius 2 is 1.83 bits per heavy atom. The van der Waals surface area contributed by atoms with Crippen molar-refractivity contribution in [3.8, 4) is 28.1 Å². The van der Waals surface area contributed by atoms with Gasteiger partial charge in [-0.2, -0.15) is 10.2 Å². The SMILES string of the molecule is CCOc1ccc(-c2c(-c3ccc(C)c(/C(CNC(=O)OC(C)(C)C)=N\NC=O)c3)cnn2C)cc1. The molecule has 0 aliphatic rings. The van der Waals surface area contributed by atoms with Gasteiger partial charge in [-0.15, -0.1) is 0 Å². The maximum Gasteiger partial charge on any atom is 0.407 e. The standard InChI is InChI=1S/C27H33N5O4/c1-7-35-21-12-10-19(11-13-21)25-23(15-30-32(25)6)20-9-8-18(2)22(14-20)24(31-29-17-33)16-28-26(34)36-27(3,4)5/h8-15,17H,7,16H2,1-6H3,(H,28,34)(H,29,33)/b31-24-. The van der Waals surface area contributed by atoms with Gasteiger partial charge < -0.3 is 14.8 Å². The van der Waals surface area contributed by atoms with Gasteiger partial charge in [0.2, 0.25) is 6.41 Å². The van der Waals surface area contributed by atoms with Crippen LogP contribution in [0.3, 0.4) is 0 Å². The van der Waals surface area contributed by atoms with E-state index < -0.39 is 11.7 Å². The van der Waals surface area contributed by atoms with Crippen molar-refractivity contribution in [2.24, 2.45) is 12.1 Å². The number of aryl methyl sites for hydroxylation is 2. The van der Waals surface area contributed by atoms with Gasteiger partial charge in [-0.3, -0.25) is 9.48 Å². The molecule has 0 saturated heterocycles. The molecule has 2 N–H and O–H groups in total. The number of ether oxygens (including phenoxy) is 2. The molecule has 1 aromatic heterocycles. The first-order valence-electron chi connectivity index (χ1n) is 11.7. The molecule has 0 saturated carbocycles. The fourth-order valence-electron chi connectivity index (χ4n) is 3.74. The molecule has 9 heteroatoms. The average Bonchev–Trinajstić information content (AvgIpc) is 3.21. The van der Waals surface area contributed by atoms with Crippen molar-refractivity contribution in [2.45, 2.75) is 40.2 Å². The number of benzene rings is 2. The van der Waals surface area contributed by atoms with Gasteiger partial charge in [-0.25, -0.2) is 10.2 Å². The Balaban J connectivity index is 1.96. The van der Waals surface area contributed by atoms with E-state index in [1.807, 2.05) is 74.2 Å². The molecule has 0 spiro atoms. The number of amides is 2. The van der Waals surface area contributed by atoms with Gasteiger partial charge in [0.15, 0.2) is 0 Å². The Hall–Kier alpha value is -4.14. The van der Waals surface area contributed by atoms with Crippen molar-refractivity contribution < 1.29 is 19.1 Å². The molecule has 3 rings (SSSR count). The summed E-state index contributed by atoms with van der Waals surface area (Å²) in [6.45, 7) is 9.94. The van der Waals surface area contributed by atoms with Crippen LogP contribution in [0.5, 0.6) is 5.75 Å². The first-order valence-corrected chi connectivity index (χ1v) is 11.7. The largest absolute Gasteiger partial charge is 0.494 e. The number of aromatic nitrogens is 2. The summed E-state index contributed by atoms with van der Waals surface area (Å²) >= 11 is 0. The molecule has 0 fully saturated rings. The van der Waals surface area contributed by atoms with Crippen LogP contribution < -0.4 is 15.5 Å². The number of rotatable bonds is 9. The van der Waals surface area contributed by atoms with E-state index in [9.17, 15) is 9.59 Å². The molecule has 0 radical (unpaired) electrons. The zero-order valence-corrected chi connectivity index (χ0v) is 21.6. The normalized spacial score (nSPS) is 11.7. The van der Waals surface area contributed by atoms with E-state index in [0.717, 1.165) is 39.3 Å². The van der Waals surface area contributed by atoms with E-state index in [1.54, 1.807) is 20.8 Å². The van der Waals surface area contributed by atoms with E-state index in [1.165, 1.54) is 0 Å². The highest BCUT2D eigenvalue weighted by Gasteiger charge is 2.19. The summed E-state index contributed by atoms with van der Waals surface area (Å²) in [5.74, 6) is 0.809. The third-order valence-electron chi connectivity index (χ3n) is 5.29. The summed E-state index contributed by atoms with van der Waals surface area (Å²) in [7, 11) is 1.90. The number of hydrogen-bond acceptors (Lipinski definition) is 6. The topological polar surface area (TPSA) is 107 Å². The zero-order chi connectivity index (χ0) is 26.3. The summed E-state index contributed by atoms with van der Waals surface area (Å²) in [6, 6.07) is 13.9. The predicted molar refractivity (Wildman–Crippen MR) is 140 cm³/mol. The molecule has 1 heterocycles. The van der Waals surface area contributed by atoms with E-state index in [-0.39, 0.29) is 6.54 Å². The highest BCUT2D eigenvalue weighted by Crippen LogP contribution is 2.33. The fraction of sp³-hybridized carbons (Fsp3) is 0.333. The molecule has 0 bridgehead atoms. The molecular formula is C27H33N5O4. The van der Waals surface area contributed by atoms with Gasteiger partial charge in [0.1, 0.15) is 11.4 Å². The van der Waals surface area contributed by atoms with E-state index in [2.05, 4.69) is 20.9 Å². The number of nitrogens with zero attached hydrogens (tertiary/aromatic N) is 3. The van der Waals surface area contributed by atoms with Crippen molar-refractivity contribution in [1.82, 2.24) is 20.5 Å². The lowest BCUT2D eigenvalue weighted by molar-refractivity contribution is -0.109. The molecule has 9 nitrogen and oxygen atoms in total. The molecule has 0 atom stereocenters. The van der Waals surface area contributed by atoms with Crippen LogP contribution in [0.1, 0.15) is 38.8 Å². The minimum Gasteiger partial charge on any atom is -0.494 e. The molecular weight excluding hydrogens is 458 g/mol. The number of alkyl carbamates (subject to hydrolysis) is 1. The number of hydrazone groups is 1. The van der Waals surface area contributed by atoms with Crippen LogP contribution in [0, 0.1) is 6.92 Å². The second-order valence-electron chi connectivity index (χ2n) is 9.18. The first kappa shape index (κ1) is 26.5. The van der Waals surface area contributed by atoms with Crippen LogP contribution in [-0.2, 0) is 16.6 Å². The molecule has 0 unspecified atom stereocenters. The zero-order valence-electron chi connectivity index (χ0n) is 21.6. The van der Waals surface area contributed by atoms with E-state index in [4.69, 9.17) is 9.47 Å². The van der Waals surface area contributed by atoms with Gasteiger partial charge in [0, 0.05) is 23.7 Å². The van der Waals surface area contributed by atoms with Crippen molar-refractivity contribution in [3.05, 3.63) is 59.8 Å². The number of nitrogens with one attached hydrogen (secondary N) is 2. The maximum absolute atomic E-state index is 12.2. The smallest absolute Gasteiger partial charge is 0.407 e. The molecule has 2 amide bonds.